The average Bonchev–Trinajstić information content (AvgIpc) is 3.63. The van der Waals surface area contributed by atoms with Gasteiger partial charge in [-0.15, -0.1) is 0 Å². The number of nitrogen functional groups attached to an aromatic ring is 1. The van der Waals surface area contributed by atoms with E-state index in [0.717, 1.165) is 54.6 Å². The van der Waals surface area contributed by atoms with Crippen LogP contribution in [0.25, 0.3) is 11.5 Å². The predicted octanol–water partition coefficient (Wildman–Crippen LogP) is 4.93. The number of piperazine rings is 1. The first-order valence-electron chi connectivity index (χ1n) is 17.1. The molecule has 0 bridgehead atoms. The number of hydrogen-bond acceptors (Lipinski definition) is 10. The van der Waals surface area contributed by atoms with Crippen molar-refractivity contribution in [3.05, 3.63) is 46.2 Å². The van der Waals surface area contributed by atoms with E-state index < -0.39 is 23.0 Å². The van der Waals surface area contributed by atoms with E-state index >= 15 is 0 Å². The van der Waals surface area contributed by atoms with Gasteiger partial charge in [-0.25, -0.2) is 18.2 Å². The zero-order valence-corrected chi connectivity index (χ0v) is 27.4. The molecule has 2 saturated heterocycles. The van der Waals surface area contributed by atoms with Crippen molar-refractivity contribution < 1.29 is 22.4 Å². The summed E-state index contributed by atoms with van der Waals surface area (Å²) in [6, 6.07) is 7.84. The molecule has 3 aliphatic carbocycles. The number of aryl methyl sites for hydroxylation is 1. The van der Waals surface area contributed by atoms with Gasteiger partial charge in [0.2, 0.25) is 5.88 Å². The second kappa shape index (κ2) is 11.3. The highest BCUT2D eigenvalue weighted by atomic mass is 19.3. The summed E-state index contributed by atoms with van der Waals surface area (Å²) in [6.07, 6.45) is 3.62. The summed E-state index contributed by atoms with van der Waals surface area (Å²) in [7, 11) is 1.89. The summed E-state index contributed by atoms with van der Waals surface area (Å²) in [5.41, 5.74) is 9.56. The van der Waals surface area contributed by atoms with Crippen molar-refractivity contribution in [2.45, 2.75) is 99.9 Å². The summed E-state index contributed by atoms with van der Waals surface area (Å²) in [5.74, 6) is -0.741. The van der Waals surface area contributed by atoms with E-state index in [0.29, 0.717) is 73.5 Å². The van der Waals surface area contributed by atoms with E-state index in [1.807, 2.05) is 35.9 Å². The molecule has 4 atom stereocenters. The Bertz CT molecular complexity index is 1780. The molecule has 3 fully saturated rings. The molecule has 2 aliphatic heterocycles. The smallest absolute Gasteiger partial charge is 0.251 e. The van der Waals surface area contributed by atoms with Crippen LogP contribution in [0.5, 0.6) is 5.88 Å². The number of likely N-dealkylation sites (N-methyl/N-ethyl adjacent to an activating group) is 1. The number of likely N-dealkylation sites (tertiary alicyclic amines) is 1. The SMILES string of the molecule is C[C@H](Oc1cc(N2CCNC3(C2)CC(F)(F)C3)nc(-c2noc3c2CCC[C@@]32CCCc3ccc(N)c(C#N)c32)n1)[C@@H]1C[C@@H](F)CN1C. The Labute approximate surface area is 277 Å². The Morgan fingerprint density at radius 3 is 2.71 bits per heavy atom. The van der Waals surface area contributed by atoms with Crippen molar-refractivity contribution in [2.75, 3.05) is 43.9 Å². The summed E-state index contributed by atoms with van der Waals surface area (Å²) < 4.78 is 55.1. The molecule has 4 heterocycles. The van der Waals surface area contributed by atoms with Crippen LogP contribution in [-0.2, 0) is 18.3 Å². The lowest BCUT2D eigenvalue weighted by Gasteiger charge is -2.53. The van der Waals surface area contributed by atoms with E-state index in [2.05, 4.69) is 16.5 Å². The van der Waals surface area contributed by atoms with E-state index in [1.165, 1.54) is 0 Å². The highest BCUT2D eigenvalue weighted by Gasteiger charge is 2.58. The van der Waals surface area contributed by atoms with Crippen LogP contribution in [0.3, 0.4) is 0 Å². The number of nitrogens with two attached hydrogens (primary N) is 1. The Hall–Kier alpha value is -3.89. The second-order valence-corrected chi connectivity index (χ2v) is 14.7. The maximum absolute atomic E-state index is 14.3. The number of nitrogens with zero attached hydrogens (tertiary/aromatic N) is 6. The van der Waals surface area contributed by atoms with Crippen molar-refractivity contribution in [2.24, 2.45) is 0 Å². The summed E-state index contributed by atoms with van der Waals surface area (Å²) >= 11 is 0. The molecular formula is C35H41F3N8O2. The Morgan fingerprint density at radius 1 is 1.19 bits per heavy atom. The number of anilines is 2. The van der Waals surface area contributed by atoms with Crippen LogP contribution in [0, 0.1) is 11.3 Å². The van der Waals surface area contributed by atoms with Crippen LogP contribution in [0.15, 0.2) is 22.7 Å². The van der Waals surface area contributed by atoms with Gasteiger partial charge in [-0.2, -0.15) is 10.2 Å². The zero-order valence-electron chi connectivity index (χ0n) is 27.4. The molecule has 2 aromatic heterocycles. The fourth-order valence-corrected chi connectivity index (χ4v) is 9.35. The van der Waals surface area contributed by atoms with E-state index in [4.69, 9.17) is 25.0 Å². The van der Waals surface area contributed by atoms with Gasteiger partial charge in [-0.3, -0.25) is 4.90 Å². The van der Waals surface area contributed by atoms with Gasteiger partial charge in [0.15, 0.2) is 17.3 Å². The molecule has 0 radical (unpaired) electrons. The monoisotopic (exact) mass is 662 g/mol. The number of rotatable bonds is 5. The Kier molecular flexibility index (Phi) is 7.41. The molecule has 3 aromatic rings. The minimum absolute atomic E-state index is 0.130. The van der Waals surface area contributed by atoms with Crippen molar-refractivity contribution >= 4 is 11.5 Å². The number of nitrogens with one attached hydrogen (secondary N) is 1. The van der Waals surface area contributed by atoms with Gasteiger partial charge in [0.05, 0.1) is 11.0 Å². The molecule has 254 valence electrons. The van der Waals surface area contributed by atoms with Gasteiger partial charge in [0.25, 0.3) is 5.92 Å². The number of aromatic nitrogens is 3. The number of nitriles is 1. The van der Waals surface area contributed by atoms with Gasteiger partial charge in [-0.1, -0.05) is 11.2 Å². The summed E-state index contributed by atoms with van der Waals surface area (Å²) in [4.78, 5) is 13.8. The van der Waals surface area contributed by atoms with E-state index in [9.17, 15) is 18.4 Å². The molecule has 3 N–H and O–H groups in total. The molecule has 0 amide bonds. The fourth-order valence-electron chi connectivity index (χ4n) is 9.35. The Morgan fingerprint density at radius 2 is 1.98 bits per heavy atom. The third kappa shape index (κ3) is 5.10. The average molecular weight is 663 g/mol. The maximum atomic E-state index is 14.3. The van der Waals surface area contributed by atoms with Crippen molar-refractivity contribution in [1.29, 1.82) is 5.26 Å². The van der Waals surface area contributed by atoms with Crippen molar-refractivity contribution in [3.63, 3.8) is 0 Å². The molecular weight excluding hydrogens is 621 g/mol. The molecule has 5 aliphatic rings. The predicted molar refractivity (Wildman–Crippen MR) is 173 cm³/mol. The number of alkyl halides is 3. The zero-order chi connectivity index (χ0) is 33.4. The van der Waals surface area contributed by atoms with Crippen LogP contribution in [0.2, 0.25) is 0 Å². The lowest BCUT2D eigenvalue weighted by molar-refractivity contribution is -0.133. The number of benzene rings is 1. The minimum Gasteiger partial charge on any atom is -0.473 e. The first-order chi connectivity index (χ1) is 23.0. The van der Waals surface area contributed by atoms with Crippen LogP contribution in [-0.4, -0.2) is 83.0 Å². The highest BCUT2D eigenvalue weighted by molar-refractivity contribution is 5.67. The molecule has 1 saturated carbocycles. The lowest BCUT2D eigenvalue weighted by Crippen LogP contribution is -2.70. The number of fused-ring (bicyclic) bond motifs is 4. The Balaban J connectivity index is 1.20. The maximum Gasteiger partial charge on any atom is 0.251 e. The van der Waals surface area contributed by atoms with E-state index in [-0.39, 0.29) is 25.0 Å². The largest absolute Gasteiger partial charge is 0.473 e. The fraction of sp³-hybridized carbons (Fsp3) is 0.600. The normalized spacial score (nSPS) is 28.0. The molecule has 13 heteroatoms. The van der Waals surface area contributed by atoms with Crippen LogP contribution in [0.4, 0.5) is 24.7 Å². The first-order valence-corrected chi connectivity index (χ1v) is 17.1. The van der Waals surface area contributed by atoms with Gasteiger partial charge in [0.1, 0.15) is 24.2 Å². The second-order valence-electron chi connectivity index (χ2n) is 14.7. The lowest BCUT2D eigenvalue weighted by atomic mass is 9.61. The quantitative estimate of drug-likeness (QED) is 0.363. The summed E-state index contributed by atoms with van der Waals surface area (Å²) in [6.45, 7) is 3.75. The minimum atomic E-state index is -2.68. The molecule has 48 heavy (non-hydrogen) atoms. The molecule has 8 rings (SSSR count). The van der Waals surface area contributed by atoms with Crippen LogP contribution in [0.1, 0.15) is 79.9 Å². The molecule has 2 spiro atoms. The number of halogens is 3. The third-order valence-corrected chi connectivity index (χ3v) is 11.4. The molecule has 1 aromatic carbocycles. The van der Waals surface area contributed by atoms with Crippen LogP contribution < -0.4 is 20.7 Å². The summed E-state index contributed by atoms with van der Waals surface area (Å²) in [5, 5.41) is 18.1. The van der Waals surface area contributed by atoms with Crippen LogP contribution >= 0.6 is 0 Å². The van der Waals surface area contributed by atoms with Gasteiger partial charge < -0.3 is 25.2 Å². The highest BCUT2D eigenvalue weighted by Crippen LogP contribution is 2.53. The van der Waals surface area contributed by atoms with E-state index in [1.54, 1.807) is 6.07 Å². The number of ether oxygens (including phenoxy) is 1. The van der Waals surface area contributed by atoms with Gasteiger partial charge in [0, 0.05) is 67.9 Å². The number of hydrogen-bond donors (Lipinski definition) is 2. The van der Waals surface area contributed by atoms with Gasteiger partial charge >= 0.3 is 0 Å². The molecule has 0 unspecified atom stereocenters. The van der Waals surface area contributed by atoms with Gasteiger partial charge in [-0.05, 0) is 76.1 Å². The van der Waals surface area contributed by atoms with Crippen molar-refractivity contribution in [1.82, 2.24) is 25.3 Å². The molecule has 10 nitrogen and oxygen atoms in total. The third-order valence-electron chi connectivity index (χ3n) is 11.4. The standard InChI is InChI=1S/C35H41F3N8O2/c1-20(26-13-22(36)16-45(26)2)47-28-14-27(46-12-11-41-33(19-46)17-35(37,38)18-33)42-32(43-28)30-23-6-4-10-34(31(23)48-44-30)9-3-5-21-7-8-25(40)24(15-39)29(21)34/h7-8,14,20,22,26,41H,3-6,9-13,16-19,40H2,1-2H3/t20-,22+,26-,34+/m0/s1. The van der Waals surface area contributed by atoms with Crippen molar-refractivity contribution in [3.8, 4) is 23.5 Å². The topological polar surface area (TPSA) is 129 Å². The first kappa shape index (κ1) is 31.4.